The molecule has 0 aromatic carbocycles. The summed E-state index contributed by atoms with van der Waals surface area (Å²) < 4.78 is 5.33. The summed E-state index contributed by atoms with van der Waals surface area (Å²) in [6, 6.07) is 0. The average molecular weight is 244 g/mol. The Morgan fingerprint density at radius 1 is 1.60 bits per heavy atom. The third kappa shape index (κ3) is 2.53. The number of rotatable bonds is 3. The van der Waals surface area contributed by atoms with Crippen molar-refractivity contribution in [3.05, 3.63) is 16.1 Å². The summed E-state index contributed by atoms with van der Waals surface area (Å²) >= 11 is 3.51. The molecule has 0 unspecified atom stereocenters. The Bertz CT molecular complexity index is 321. The molecule has 1 aliphatic heterocycles. The molecule has 1 aromatic rings. The van der Waals surface area contributed by atoms with E-state index in [1.165, 1.54) is 5.01 Å². The molecule has 0 bridgehead atoms. The number of thiazole rings is 1. The van der Waals surface area contributed by atoms with Crippen molar-refractivity contribution < 1.29 is 4.74 Å². The van der Waals surface area contributed by atoms with Gasteiger partial charge < -0.3 is 10.5 Å². The van der Waals surface area contributed by atoms with Crippen molar-refractivity contribution >= 4 is 23.1 Å². The lowest BCUT2D eigenvalue weighted by atomic mass is 9.88. The molecule has 0 atom stereocenters. The molecule has 1 saturated heterocycles. The summed E-state index contributed by atoms with van der Waals surface area (Å²) in [4.78, 5) is 4.61. The highest BCUT2D eigenvalue weighted by atomic mass is 32.2. The van der Waals surface area contributed by atoms with Gasteiger partial charge in [-0.1, -0.05) is 0 Å². The zero-order valence-corrected chi connectivity index (χ0v) is 10.5. The predicted molar refractivity (Wildman–Crippen MR) is 65.3 cm³/mol. The van der Waals surface area contributed by atoms with Gasteiger partial charge in [0.25, 0.3) is 0 Å². The summed E-state index contributed by atoms with van der Waals surface area (Å²) in [6.45, 7) is 1.51. The molecular formula is C10H16N2OS2. The van der Waals surface area contributed by atoms with Gasteiger partial charge in [-0.15, -0.1) is 11.3 Å². The number of nitrogens with two attached hydrogens (primary N) is 1. The fraction of sp³-hybridized carbons (Fsp3) is 0.700. The van der Waals surface area contributed by atoms with Crippen molar-refractivity contribution in [2.24, 2.45) is 5.73 Å². The standard InChI is InChI=1S/C10H16N2OS2/c1-14-7-9-12-8(6-15-9)10(11)2-4-13-5-3-10/h6H,2-5,7,11H2,1H3. The van der Waals surface area contributed by atoms with Gasteiger partial charge in [-0.3, -0.25) is 0 Å². The number of ether oxygens (including phenoxy) is 1. The minimum Gasteiger partial charge on any atom is -0.381 e. The van der Waals surface area contributed by atoms with Crippen molar-refractivity contribution in [1.29, 1.82) is 0 Å². The Labute approximate surface area is 98.4 Å². The Hall–Kier alpha value is -0.100. The van der Waals surface area contributed by atoms with Crippen LogP contribution < -0.4 is 5.73 Å². The van der Waals surface area contributed by atoms with E-state index >= 15 is 0 Å². The molecule has 1 aliphatic rings. The highest BCUT2D eigenvalue weighted by molar-refractivity contribution is 7.97. The van der Waals surface area contributed by atoms with E-state index < -0.39 is 0 Å². The van der Waals surface area contributed by atoms with Gasteiger partial charge in [0, 0.05) is 24.3 Å². The van der Waals surface area contributed by atoms with Crippen LogP contribution in [0.25, 0.3) is 0 Å². The van der Waals surface area contributed by atoms with Gasteiger partial charge >= 0.3 is 0 Å². The molecule has 2 rings (SSSR count). The van der Waals surface area contributed by atoms with Gasteiger partial charge in [-0.25, -0.2) is 4.98 Å². The van der Waals surface area contributed by atoms with Gasteiger partial charge in [0.15, 0.2) is 0 Å². The van der Waals surface area contributed by atoms with Gasteiger partial charge in [-0.05, 0) is 19.1 Å². The molecule has 2 heterocycles. The lowest BCUT2D eigenvalue weighted by Crippen LogP contribution is -2.42. The number of hydrogen-bond donors (Lipinski definition) is 1. The predicted octanol–water partition coefficient (Wildman–Crippen LogP) is 1.97. The second kappa shape index (κ2) is 4.82. The van der Waals surface area contributed by atoms with Crippen LogP contribution in [0.2, 0.25) is 0 Å². The normalized spacial score (nSPS) is 20.4. The first-order valence-electron chi connectivity index (χ1n) is 5.05. The smallest absolute Gasteiger partial charge is 0.103 e. The summed E-state index contributed by atoms with van der Waals surface area (Å²) in [7, 11) is 0. The zero-order chi connectivity index (χ0) is 10.7. The molecule has 0 radical (unpaired) electrons. The Kier molecular flexibility index (Phi) is 3.66. The summed E-state index contributed by atoms with van der Waals surface area (Å²) in [5, 5.41) is 3.28. The van der Waals surface area contributed by atoms with Crippen LogP contribution in [0, 0.1) is 0 Å². The molecule has 5 heteroatoms. The Morgan fingerprint density at radius 2 is 2.33 bits per heavy atom. The van der Waals surface area contributed by atoms with Crippen LogP contribution in [0.5, 0.6) is 0 Å². The molecule has 2 N–H and O–H groups in total. The van der Waals surface area contributed by atoms with E-state index in [0.717, 1.165) is 37.5 Å². The summed E-state index contributed by atoms with van der Waals surface area (Å²) in [5.41, 5.74) is 7.16. The van der Waals surface area contributed by atoms with Crippen LogP contribution in [-0.4, -0.2) is 24.5 Å². The fourth-order valence-corrected chi connectivity index (χ4v) is 3.34. The maximum atomic E-state index is 6.35. The van der Waals surface area contributed by atoms with Gasteiger partial charge in [0.2, 0.25) is 0 Å². The first-order chi connectivity index (χ1) is 7.24. The van der Waals surface area contributed by atoms with Crippen LogP contribution in [0.1, 0.15) is 23.5 Å². The number of hydrogen-bond acceptors (Lipinski definition) is 5. The molecule has 0 aliphatic carbocycles. The van der Waals surface area contributed by atoms with Gasteiger partial charge in [0.05, 0.1) is 11.2 Å². The van der Waals surface area contributed by atoms with Crippen molar-refractivity contribution in [3.63, 3.8) is 0 Å². The molecule has 3 nitrogen and oxygen atoms in total. The molecule has 15 heavy (non-hydrogen) atoms. The quantitative estimate of drug-likeness (QED) is 0.883. The van der Waals surface area contributed by atoms with Crippen LogP contribution in [0.15, 0.2) is 5.38 Å². The Morgan fingerprint density at radius 3 is 3.00 bits per heavy atom. The minimum absolute atomic E-state index is 0.245. The summed E-state index contributed by atoms with van der Waals surface area (Å²) in [6.07, 6.45) is 3.86. The van der Waals surface area contributed by atoms with Crippen molar-refractivity contribution in [2.75, 3.05) is 19.5 Å². The second-order valence-corrected chi connectivity index (χ2v) is 5.64. The first-order valence-corrected chi connectivity index (χ1v) is 7.32. The van der Waals surface area contributed by atoms with Crippen LogP contribution in [0.3, 0.4) is 0 Å². The SMILES string of the molecule is CSCc1nc(C2(N)CCOCC2)cs1. The zero-order valence-electron chi connectivity index (χ0n) is 8.86. The monoisotopic (exact) mass is 244 g/mol. The van der Waals surface area contributed by atoms with Gasteiger partial charge in [0.1, 0.15) is 5.01 Å². The van der Waals surface area contributed by atoms with Crippen LogP contribution in [-0.2, 0) is 16.0 Å². The highest BCUT2D eigenvalue weighted by Crippen LogP contribution is 2.30. The second-order valence-electron chi connectivity index (χ2n) is 3.83. The summed E-state index contributed by atoms with van der Waals surface area (Å²) in [5.74, 6) is 0.983. The van der Waals surface area contributed by atoms with E-state index in [2.05, 4.69) is 16.6 Å². The van der Waals surface area contributed by atoms with E-state index in [0.29, 0.717) is 0 Å². The lowest BCUT2D eigenvalue weighted by molar-refractivity contribution is 0.0509. The number of nitrogens with zero attached hydrogens (tertiary/aromatic N) is 1. The van der Waals surface area contributed by atoms with E-state index in [1.807, 2.05) is 0 Å². The Balaban J connectivity index is 2.12. The largest absolute Gasteiger partial charge is 0.381 e. The third-order valence-corrected chi connectivity index (χ3v) is 4.31. The topological polar surface area (TPSA) is 48.1 Å². The van der Waals surface area contributed by atoms with Crippen LogP contribution in [0.4, 0.5) is 0 Å². The number of aromatic nitrogens is 1. The van der Waals surface area contributed by atoms with E-state index in [4.69, 9.17) is 10.5 Å². The molecule has 1 aromatic heterocycles. The molecule has 1 fully saturated rings. The maximum Gasteiger partial charge on any atom is 0.103 e. The van der Waals surface area contributed by atoms with Crippen LogP contribution >= 0.6 is 23.1 Å². The molecule has 84 valence electrons. The van der Waals surface area contributed by atoms with Crippen molar-refractivity contribution in [2.45, 2.75) is 24.1 Å². The highest BCUT2D eigenvalue weighted by Gasteiger charge is 2.32. The van der Waals surface area contributed by atoms with E-state index in [9.17, 15) is 0 Å². The lowest BCUT2D eigenvalue weighted by Gasteiger charge is -2.31. The fourth-order valence-electron chi connectivity index (χ4n) is 1.72. The molecule has 0 amide bonds. The number of thioether (sulfide) groups is 1. The first kappa shape index (κ1) is 11.4. The van der Waals surface area contributed by atoms with E-state index in [1.54, 1.807) is 23.1 Å². The molecule has 0 saturated carbocycles. The maximum absolute atomic E-state index is 6.35. The van der Waals surface area contributed by atoms with E-state index in [-0.39, 0.29) is 5.54 Å². The third-order valence-electron chi connectivity index (χ3n) is 2.71. The van der Waals surface area contributed by atoms with Crippen molar-refractivity contribution in [1.82, 2.24) is 4.98 Å². The molecular weight excluding hydrogens is 228 g/mol. The van der Waals surface area contributed by atoms with Gasteiger partial charge in [-0.2, -0.15) is 11.8 Å². The van der Waals surface area contributed by atoms with Crippen molar-refractivity contribution in [3.8, 4) is 0 Å². The average Bonchev–Trinajstić information content (AvgIpc) is 2.69. The minimum atomic E-state index is -0.245. The molecule has 0 spiro atoms.